The van der Waals surface area contributed by atoms with E-state index < -0.39 is 9.84 Å². The van der Waals surface area contributed by atoms with Crippen molar-refractivity contribution in [2.75, 3.05) is 11.6 Å². The highest BCUT2D eigenvalue weighted by molar-refractivity contribution is 7.91. The van der Waals surface area contributed by atoms with Crippen molar-refractivity contribution in [3.8, 4) is 0 Å². The van der Waals surface area contributed by atoms with Crippen LogP contribution in [0.2, 0.25) is 5.02 Å². The van der Waals surface area contributed by atoms with Crippen molar-refractivity contribution in [1.29, 1.82) is 0 Å². The highest BCUT2D eigenvalue weighted by Gasteiger charge is 2.29. The van der Waals surface area contributed by atoms with Crippen LogP contribution in [0.1, 0.15) is 25.7 Å². The molecule has 1 fully saturated rings. The molecule has 2 unspecified atom stereocenters. The van der Waals surface area contributed by atoms with Gasteiger partial charge in [-0.05, 0) is 37.5 Å². The first-order valence-electron chi connectivity index (χ1n) is 7.29. The summed E-state index contributed by atoms with van der Waals surface area (Å²) in [7, 11) is -2.99. The van der Waals surface area contributed by atoms with Crippen LogP contribution < -0.4 is 5.32 Å². The van der Waals surface area contributed by atoms with E-state index in [1.807, 2.05) is 6.07 Å². The summed E-state index contributed by atoms with van der Waals surface area (Å²) in [5.41, 5.74) is 0.778. The summed E-state index contributed by atoms with van der Waals surface area (Å²) in [5, 5.41) is 4.65. The zero-order valence-electron chi connectivity index (χ0n) is 12.3. The molecule has 22 heavy (non-hydrogen) atoms. The van der Waals surface area contributed by atoms with E-state index in [9.17, 15) is 8.42 Å². The van der Waals surface area contributed by atoms with Crippen molar-refractivity contribution in [3.63, 3.8) is 0 Å². The number of rotatable bonds is 3. The van der Waals surface area contributed by atoms with Gasteiger partial charge in [-0.2, -0.15) is 0 Å². The lowest BCUT2D eigenvalue weighted by Crippen LogP contribution is -2.34. The van der Waals surface area contributed by atoms with Crippen LogP contribution in [0.3, 0.4) is 0 Å². The van der Waals surface area contributed by atoms with Crippen molar-refractivity contribution >= 4 is 38.2 Å². The molecule has 1 saturated carbocycles. The van der Waals surface area contributed by atoms with Gasteiger partial charge in [-0.3, -0.25) is 0 Å². The van der Waals surface area contributed by atoms with Gasteiger partial charge in [0.1, 0.15) is 22.0 Å². The Morgan fingerprint density at radius 2 is 2.09 bits per heavy atom. The molecule has 1 N–H and O–H groups in total. The van der Waals surface area contributed by atoms with Crippen LogP contribution >= 0.6 is 11.6 Å². The SMILES string of the molecule is CS(=O)(=O)C1CCCC(Nc2ncnc3cc(Cl)ccc23)C1. The molecule has 1 heterocycles. The van der Waals surface area contributed by atoms with Crippen LogP contribution in [0, 0.1) is 0 Å². The maximum atomic E-state index is 11.8. The lowest BCUT2D eigenvalue weighted by atomic mass is 9.95. The van der Waals surface area contributed by atoms with E-state index in [1.165, 1.54) is 12.6 Å². The maximum Gasteiger partial charge on any atom is 0.150 e. The van der Waals surface area contributed by atoms with E-state index in [0.29, 0.717) is 11.4 Å². The van der Waals surface area contributed by atoms with Gasteiger partial charge in [0.2, 0.25) is 0 Å². The monoisotopic (exact) mass is 339 g/mol. The number of benzene rings is 1. The summed E-state index contributed by atoms with van der Waals surface area (Å²) in [4.78, 5) is 8.52. The fraction of sp³-hybridized carbons (Fsp3) is 0.467. The molecule has 0 spiro atoms. The number of sulfone groups is 1. The van der Waals surface area contributed by atoms with Crippen molar-refractivity contribution in [2.45, 2.75) is 37.0 Å². The Morgan fingerprint density at radius 3 is 2.86 bits per heavy atom. The molecule has 2 aromatic rings. The topological polar surface area (TPSA) is 72.0 Å². The molecule has 0 bridgehead atoms. The summed E-state index contributed by atoms with van der Waals surface area (Å²) >= 11 is 5.98. The van der Waals surface area contributed by atoms with E-state index in [1.54, 1.807) is 12.1 Å². The number of halogens is 1. The number of nitrogens with zero attached hydrogens (tertiary/aromatic N) is 2. The second-order valence-electron chi connectivity index (χ2n) is 5.84. The normalized spacial score (nSPS) is 22.6. The highest BCUT2D eigenvalue weighted by atomic mass is 35.5. The summed E-state index contributed by atoms with van der Waals surface area (Å²) in [6.07, 6.45) is 6.05. The molecule has 5 nitrogen and oxygen atoms in total. The Morgan fingerprint density at radius 1 is 1.27 bits per heavy atom. The van der Waals surface area contributed by atoms with Gasteiger partial charge >= 0.3 is 0 Å². The van der Waals surface area contributed by atoms with Crippen LogP contribution in [0.5, 0.6) is 0 Å². The predicted octanol–water partition coefficient (Wildman–Crippen LogP) is 3.05. The summed E-state index contributed by atoms with van der Waals surface area (Å²) in [6, 6.07) is 5.60. The fourth-order valence-electron chi connectivity index (χ4n) is 3.00. The fourth-order valence-corrected chi connectivity index (χ4v) is 4.35. The first-order chi connectivity index (χ1) is 10.4. The van der Waals surface area contributed by atoms with Gasteiger partial charge in [-0.25, -0.2) is 18.4 Å². The van der Waals surface area contributed by atoms with Gasteiger partial charge in [0.25, 0.3) is 0 Å². The van der Waals surface area contributed by atoms with Gasteiger partial charge in [-0.15, -0.1) is 0 Å². The summed E-state index contributed by atoms with van der Waals surface area (Å²) < 4.78 is 23.5. The molecule has 0 aliphatic heterocycles. The van der Waals surface area contributed by atoms with E-state index in [2.05, 4.69) is 15.3 Å². The molecule has 1 aliphatic carbocycles. The second-order valence-corrected chi connectivity index (χ2v) is 8.61. The standard InChI is InChI=1S/C15H18ClN3O2S/c1-22(20,21)12-4-2-3-11(8-12)19-15-13-6-5-10(16)7-14(13)17-9-18-15/h5-7,9,11-12H,2-4,8H2,1H3,(H,17,18,19). The second kappa shape index (κ2) is 6.01. The number of anilines is 1. The highest BCUT2D eigenvalue weighted by Crippen LogP contribution is 2.28. The average molecular weight is 340 g/mol. The minimum Gasteiger partial charge on any atom is -0.367 e. The van der Waals surface area contributed by atoms with E-state index >= 15 is 0 Å². The molecule has 3 rings (SSSR count). The zero-order chi connectivity index (χ0) is 15.7. The molecule has 1 aliphatic rings. The van der Waals surface area contributed by atoms with Crippen LogP contribution in [0.4, 0.5) is 5.82 Å². The molecular formula is C15H18ClN3O2S. The van der Waals surface area contributed by atoms with Crippen molar-refractivity contribution in [3.05, 3.63) is 29.5 Å². The first-order valence-corrected chi connectivity index (χ1v) is 9.62. The van der Waals surface area contributed by atoms with Gasteiger partial charge in [0, 0.05) is 22.7 Å². The molecular weight excluding hydrogens is 322 g/mol. The Balaban J connectivity index is 1.84. The molecule has 1 aromatic heterocycles. The van der Waals surface area contributed by atoms with Crippen LogP contribution in [-0.4, -0.2) is 35.9 Å². The quantitative estimate of drug-likeness (QED) is 0.930. The van der Waals surface area contributed by atoms with Crippen molar-refractivity contribution < 1.29 is 8.42 Å². The number of hydrogen-bond donors (Lipinski definition) is 1. The van der Waals surface area contributed by atoms with Crippen molar-refractivity contribution in [2.24, 2.45) is 0 Å². The predicted molar refractivity (Wildman–Crippen MR) is 89.1 cm³/mol. The average Bonchev–Trinajstić information content (AvgIpc) is 2.46. The minimum absolute atomic E-state index is 0.113. The van der Waals surface area contributed by atoms with Gasteiger partial charge in [0.05, 0.1) is 10.8 Å². The van der Waals surface area contributed by atoms with Crippen molar-refractivity contribution in [1.82, 2.24) is 9.97 Å². The Labute approximate surface area is 135 Å². The number of nitrogens with one attached hydrogen (secondary N) is 1. The molecule has 2 atom stereocenters. The smallest absolute Gasteiger partial charge is 0.150 e. The molecule has 0 radical (unpaired) electrons. The lowest BCUT2D eigenvalue weighted by molar-refractivity contribution is 0.452. The van der Waals surface area contributed by atoms with Gasteiger partial charge in [-0.1, -0.05) is 18.0 Å². The molecule has 1 aromatic carbocycles. The molecule has 0 saturated heterocycles. The largest absolute Gasteiger partial charge is 0.367 e. The Hall–Kier alpha value is -1.40. The third-order valence-corrected chi connectivity index (χ3v) is 6.05. The van der Waals surface area contributed by atoms with E-state index in [-0.39, 0.29) is 11.3 Å². The zero-order valence-corrected chi connectivity index (χ0v) is 13.9. The third-order valence-electron chi connectivity index (χ3n) is 4.17. The van der Waals surface area contributed by atoms with E-state index in [4.69, 9.17) is 11.6 Å². The van der Waals surface area contributed by atoms with E-state index in [0.717, 1.165) is 36.0 Å². The number of fused-ring (bicyclic) bond motifs is 1. The summed E-state index contributed by atoms with van der Waals surface area (Å²) in [6.45, 7) is 0. The summed E-state index contributed by atoms with van der Waals surface area (Å²) in [5.74, 6) is 0.737. The first kappa shape index (κ1) is 15.5. The van der Waals surface area contributed by atoms with Gasteiger partial charge in [0.15, 0.2) is 0 Å². The molecule has 118 valence electrons. The Kier molecular flexibility index (Phi) is 4.23. The third kappa shape index (κ3) is 3.33. The molecule has 7 heteroatoms. The van der Waals surface area contributed by atoms with Crippen LogP contribution in [0.25, 0.3) is 10.9 Å². The molecule has 0 amide bonds. The van der Waals surface area contributed by atoms with Gasteiger partial charge < -0.3 is 5.32 Å². The van der Waals surface area contributed by atoms with Crippen LogP contribution in [0.15, 0.2) is 24.5 Å². The minimum atomic E-state index is -2.99. The van der Waals surface area contributed by atoms with Crippen LogP contribution in [-0.2, 0) is 9.84 Å². The number of aromatic nitrogens is 2. The lowest BCUT2D eigenvalue weighted by Gasteiger charge is -2.29. The maximum absolute atomic E-state index is 11.8. The number of hydrogen-bond acceptors (Lipinski definition) is 5. The Bertz CT molecular complexity index is 794.